The van der Waals surface area contributed by atoms with Crippen LogP contribution in [-0.4, -0.2) is 63.0 Å². The summed E-state index contributed by atoms with van der Waals surface area (Å²) >= 11 is 0. The van der Waals surface area contributed by atoms with Crippen LogP contribution >= 0.6 is 0 Å². The SMILES string of the molecule is Nc1cccc(S(=O)(=O)NC2CCC(N3CCN(CC4CC4)CC3)CC2)c1. The third-order valence-electron chi connectivity index (χ3n) is 6.32. The molecular formula is C20H32N4O2S. The predicted octanol–water partition coefficient (Wildman–Crippen LogP) is 1.89. The molecule has 0 spiro atoms. The summed E-state index contributed by atoms with van der Waals surface area (Å²) in [5.41, 5.74) is 6.20. The Kier molecular flexibility index (Phi) is 5.73. The second-order valence-corrected chi connectivity index (χ2v) is 10.2. The summed E-state index contributed by atoms with van der Waals surface area (Å²) in [5, 5.41) is 0. The van der Waals surface area contributed by atoms with E-state index in [4.69, 9.17) is 5.73 Å². The number of nitrogens with two attached hydrogens (primary N) is 1. The molecule has 6 nitrogen and oxygen atoms in total. The molecule has 0 bridgehead atoms. The highest BCUT2D eigenvalue weighted by Gasteiger charge is 2.31. The van der Waals surface area contributed by atoms with Gasteiger partial charge in [-0.15, -0.1) is 0 Å². The van der Waals surface area contributed by atoms with Crippen molar-refractivity contribution in [2.45, 2.75) is 55.5 Å². The van der Waals surface area contributed by atoms with E-state index in [1.54, 1.807) is 18.2 Å². The highest BCUT2D eigenvalue weighted by atomic mass is 32.2. The molecule has 4 rings (SSSR count). The lowest BCUT2D eigenvalue weighted by molar-refractivity contribution is 0.0734. The van der Waals surface area contributed by atoms with E-state index in [1.165, 1.54) is 38.5 Å². The van der Waals surface area contributed by atoms with E-state index < -0.39 is 10.0 Å². The van der Waals surface area contributed by atoms with Crippen molar-refractivity contribution in [2.24, 2.45) is 5.92 Å². The second-order valence-electron chi connectivity index (χ2n) is 8.48. The van der Waals surface area contributed by atoms with Crippen LogP contribution in [0.4, 0.5) is 5.69 Å². The predicted molar refractivity (Wildman–Crippen MR) is 108 cm³/mol. The van der Waals surface area contributed by atoms with Crippen LogP contribution in [0, 0.1) is 5.92 Å². The lowest BCUT2D eigenvalue weighted by atomic mass is 9.90. The fraction of sp³-hybridized carbons (Fsp3) is 0.700. The van der Waals surface area contributed by atoms with Crippen molar-refractivity contribution in [3.05, 3.63) is 24.3 Å². The first-order chi connectivity index (χ1) is 13.0. The number of hydrogen-bond acceptors (Lipinski definition) is 5. The van der Waals surface area contributed by atoms with Crippen LogP contribution < -0.4 is 10.5 Å². The van der Waals surface area contributed by atoms with Crippen LogP contribution in [0.15, 0.2) is 29.2 Å². The number of benzene rings is 1. The van der Waals surface area contributed by atoms with Crippen molar-refractivity contribution < 1.29 is 8.42 Å². The largest absolute Gasteiger partial charge is 0.399 e. The van der Waals surface area contributed by atoms with Gasteiger partial charge in [0.05, 0.1) is 4.90 Å². The molecule has 0 unspecified atom stereocenters. The molecule has 1 aliphatic heterocycles. The maximum absolute atomic E-state index is 12.6. The van der Waals surface area contributed by atoms with Gasteiger partial charge in [0.2, 0.25) is 10.0 Å². The number of rotatable bonds is 6. The minimum Gasteiger partial charge on any atom is -0.399 e. The Morgan fingerprint density at radius 1 is 1.00 bits per heavy atom. The molecule has 3 N–H and O–H groups in total. The first-order valence-electron chi connectivity index (χ1n) is 10.3. The molecule has 7 heteroatoms. The van der Waals surface area contributed by atoms with Crippen molar-refractivity contribution in [3.63, 3.8) is 0 Å². The zero-order chi connectivity index (χ0) is 18.9. The number of nitrogens with one attached hydrogen (secondary N) is 1. The Hall–Kier alpha value is -1.15. The van der Waals surface area contributed by atoms with Crippen LogP contribution in [0.3, 0.4) is 0 Å². The van der Waals surface area contributed by atoms with E-state index in [0.29, 0.717) is 11.7 Å². The third kappa shape index (κ3) is 5.02. The van der Waals surface area contributed by atoms with E-state index in [-0.39, 0.29) is 10.9 Å². The maximum atomic E-state index is 12.6. The zero-order valence-corrected chi connectivity index (χ0v) is 16.8. The van der Waals surface area contributed by atoms with Gasteiger partial charge >= 0.3 is 0 Å². The molecule has 1 heterocycles. The first kappa shape index (κ1) is 19.2. The lowest BCUT2D eigenvalue weighted by Gasteiger charge is -2.42. The summed E-state index contributed by atoms with van der Waals surface area (Å²) in [6, 6.07) is 7.16. The topological polar surface area (TPSA) is 78.7 Å². The first-order valence-corrected chi connectivity index (χ1v) is 11.8. The molecule has 0 amide bonds. The van der Waals surface area contributed by atoms with Crippen LogP contribution in [0.25, 0.3) is 0 Å². The van der Waals surface area contributed by atoms with Gasteiger partial charge in [0.15, 0.2) is 0 Å². The Bertz CT molecular complexity index is 734. The van der Waals surface area contributed by atoms with Crippen LogP contribution in [-0.2, 0) is 10.0 Å². The molecule has 3 aliphatic rings. The number of nitrogen functional groups attached to an aromatic ring is 1. The van der Waals surface area contributed by atoms with Crippen molar-refractivity contribution in [3.8, 4) is 0 Å². The molecule has 0 atom stereocenters. The summed E-state index contributed by atoms with van der Waals surface area (Å²) in [7, 11) is -3.49. The molecule has 0 aromatic heterocycles. The number of hydrogen-bond donors (Lipinski definition) is 2. The van der Waals surface area contributed by atoms with E-state index in [0.717, 1.165) is 44.7 Å². The zero-order valence-electron chi connectivity index (χ0n) is 16.0. The van der Waals surface area contributed by atoms with Gasteiger partial charge in [0.1, 0.15) is 0 Å². The van der Waals surface area contributed by atoms with Crippen molar-refractivity contribution in [2.75, 3.05) is 38.5 Å². The Morgan fingerprint density at radius 3 is 2.33 bits per heavy atom. The molecule has 1 aromatic carbocycles. The fourth-order valence-corrected chi connectivity index (χ4v) is 5.86. The summed E-state index contributed by atoms with van der Waals surface area (Å²) in [4.78, 5) is 5.52. The van der Waals surface area contributed by atoms with Gasteiger partial charge in [0.25, 0.3) is 0 Å². The smallest absolute Gasteiger partial charge is 0.240 e. The molecule has 2 saturated carbocycles. The summed E-state index contributed by atoms with van der Waals surface area (Å²) in [5.74, 6) is 0.972. The minimum absolute atomic E-state index is 0.0313. The summed E-state index contributed by atoms with van der Waals surface area (Å²) in [6.45, 7) is 6.01. The number of sulfonamides is 1. The fourth-order valence-electron chi connectivity index (χ4n) is 4.50. The Labute approximate surface area is 163 Å². The van der Waals surface area contributed by atoms with Gasteiger partial charge in [-0.1, -0.05) is 6.07 Å². The normalized spacial score (nSPS) is 28.3. The van der Waals surface area contributed by atoms with Crippen LogP contribution in [0.1, 0.15) is 38.5 Å². The Balaban J connectivity index is 1.24. The molecule has 2 aliphatic carbocycles. The average molecular weight is 393 g/mol. The number of piperazine rings is 1. The molecule has 1 aromatic rings. The molecule has 150 valence electrons. The lowest BCUT2D eigenvalue weighted by Crippen LogP contribution is -2.52. The average Bonchev–Trinajstić information content (AvgIpc) is 3.47. The maximum Gasteiger partial charge on any atom is 0.240 e. The van der Waals surface area contributed by atoms with Gasteiger partial charge in [-0.25, -0.2) is 13.1 Å². The van der Waals surface area contributed by atoms with Crippen LogP contribution in [0.2, 0.25) is 0 Å². The van der Waals surface area contributed by atoms with Gasteiger partial charge in [-0.05, 0) is 62.6 Å². The molecule has 3 fully saturated rings. The summed E-state index contributed by atoms with van der Waals surface area (Å²) < 4.78 is 28.1. The van der Waals surface area contributed by atoms with Crippen LogP contribution in [0.5, 0.6) is 0 Å². The van der Waals surface area contributed by atoms with Crippen molar-refractivity contribution >= 4 is 15.7 Å². The molecule has 1 saturated heterocycles. The highest BCUT2D eigenvalue weighted by molar-refractivity contribution is 7.89. The van der Waals surface area contributed by atoms with Gasteiger partial charge in [0, 0.05) is 50.5 Å². The molecule has 27 heavy (non-hydrogen) atoms. The summed E-state index contributed by atoms with van der Waals surface area (Å²) in [6.07, 6.45) is 6.83. The van der Waals surface area contributed by atoms with Crippen molar-refractivity contribution in [1.82, 2.24) is 14.5 Å². The second kappa shape index (κ2) is 8.07. The monoisotopic (exact) mass is 392 g/mol. The highest BCUT2D eigenvalue weighted by Crippen LogP contribution is 2.30. The van der Waals surface area contributed by atoms with E-state index in [2.05, 4.69) is 14.5 Å². The van der Waals surface area contributed by atoms with E-state index >= 15 is 0 Å². The van der Waals surface area contributed by atoms with Crippen molar-refractivity contribution in [1.29, 1.82) is 0 Å². The van der Waals surface area contributed by atoms with Gasteiger partial charge < -0.3 is 10.6 Å². The van der Waals surface area contributed by atoms with E-state index in [9.17, 15) is 8.42 Å². The quantitative estimate of drug-likeness (QED) is 0.723. The standard InChI is InChI=1S/C20H32N4O2S/c21-17-2-1-3-20(14-17)27(25,26)22-18-6-8-19(9-7-18)24-12-10-23(11-13-24)15-16-4-5-16/h1-3,14,16,18-19,22H,4-13,15,21H2. The number of anilines is 1. The minimum atomic E-state index is -3.49. The van der Waals surface area contributed by atoms with E-state index in [1.807, 2.05) is 0 Å². The van der Waals surface area contributed by atoms with Gasteiger partial charge in [-0.2, -0.15) is 0 Å². The van der Waals surface area contributed by atoms with Gasteiger partial charge in [-0.3, -0.25) is 4.90 Å². The number of nitrogens with zero attached hydrogens (tertiary/aromatic N) is 2. The molecular weight excluding hydrogens is 360 g/mol. The Morgan fingerprint density at radius 2 is 1.70 bits per heavy atom. The third-order valence-corrected chi connectivity index (χ3v) is 7.84. The molecule has 0 radical (unpaired) electrons.